The molecule has 1 aliphatic carbocycles. The summed E-state index contributed by atoms with van der Waals surface area (Å²) in [6.45, 7) is 10.8. The molecule has 0 amide bonds. The van der Waals surface area contributed by atoms with Crippen molar-refractivity contribution >= 4 is 5.69 Å². The lowest BCUT2D eigenvalue weighted by Crippen LogP contribution is -2.09. The van der Waals surface area contributed by atoms with E-state index in [2.05, 4.69) is 69.1 Å². The van der Waals surface area contributed by atoms with Crippen LogP contribution in [0.15, 0.2) is 55.3 Å². The van der Waals surface area contributed by atoms with Crippen LogP contribution in [-0.4, -0.2) is 14.1 Å². The van der Waals surface area contributed by atoms with Crippen LogP contribution < -0.4 is 4.90 Å². The molecule has 19 heavy (non-hydrogen) atoms. The molecule has 1 aromatic carbocycles. The number of rotatable bonds is 2. The zero-order chi connectivity index (χ0) is 14.7. The van der Waals surface area contributed by atoms with Gasteiger partial charge in [-0.15, -0.1) is 12.3 Å². The zero-order valence-electron chi connectivity index (χ0n) is 12.8. The molecule has 0 heterocycles. The maximum Gasteiger partial charge on any atom is 0.0390 e. The van der Waals surface area contributed by atoms with Crippen LogP contribution in [0.1, 0.15) is 25.3 Å². The number of hydrogen-bond acceptors (Lipinski definition) is 1. The largest absolute Gasteiger partial charge is 0.377 e. The average molecular weight is 257 g/mol. The third-order valence-electron chi connectivity index (χ3n) is 2.57. The van der Waals surface area contributed by atoms with E-state index in [9.17, 15) is 0 Å². The summed E-state index contributed by atoms with van der Waals surface area (Å²) in [5.41, 5.74) is 5.38. The fourth-order valence-corrected chi connectivity index (χ4v) is 1.49. The van der Waals surface area contributed by atoms with Crippen LogP contribution in [0, 0.1) is 12.8 Å². The van der Waals surface area contributed by atoms with E-state index in [1.54, 1.807) is 6.08 Å². The van der Waals surface area contributed by atoms with E-state index in [0.717, 1.165) is 5.92 Å². The molecule has 0 unspecified atom stereocenters. The Morgan fingerprint density at radius 2 is 1.79 bits per heavy atom. The minimum atomic E-state index is 0.850. The first-order chi connectivity index (χ1) is 9.06. The highest BCUT2D eigenvalue weighted by Gasteiger charge is 2.16. The summed E-state index contributed by atoms with van der Waals surface area (Å²) in [6, 6.07) is 8.36. The van der Waals surface area contributed by atoms with Gasteiger partial charge in [0.05, 0.1) is 0 Å². The number of anilines is 1. The van der Waals surface area contributed by atoms with Crippen LogP contribution in [0.5, 0.6) is 0 Å². The Morgan fingerprint density at radius 1 is 1.26 bits per heavy atom. The van der Waals surface area contributed by atoms with Gasteiger partial charge in [0.15, 0.2) is 0 Å². The van der Waals surface area contributed by atoms with E-state index >= 15 is 0 Å². The summed E-state index contributed by atoms with van der Waals surface area (Å²) in [4.78, 5) is 2.12. The Bertz CT molecular complexity index is 407. The van der Waals surface area contributed by atoms with Crippen molar-refractivity contribution in [2.45, 2.75) is 26.7 Å². The van der Waals surface area contributed by atoms with E-state index in [1.165, 1.54) is 24.1 Å². The summed E-state index contributed by atoms with van der Waals surface area (Å²) in [7, 11) is 4.12. The first-order valence-electron chi connectivity index (χ1n) is 6.72. The van der Waals surface area contributed by atoms with Gasteiger partial charge in [0, 0.05) is 19.8 Å². The van der Waals surface area contributed by atoms with Crippen molar-refractivity contribution in [1.29, 1.82) is 0 Å². The number of hydrogen-bond donors (Lipinski definition) is 0. The predicted octanol–water partition coefficient (Wildman–Crippen LogP) is 4.99. The molecule has 1 nitrogen and oxygen atoms in total. The van der Waals surface area contributed by atoms with Gasteiger partial charge >= 0.3 is 0 Å². The fraction of sp³-hybridized carbons (Fsp3) is 0.389. The fourth-order valence-electron chi connectivity index (χ4n) is 1.49. The van der Waals surface area contributed by atoms with Crippen molar-refractivity contribution < 1.29 is 0 Å². The molecule has 1 aromatic rings. The lowest BCUT2D eigenvalue weighted by atomic mass is 10.2. The van der Waals surface area contributed by atoms with E-state index in [1.807, 2.05) is 13.0 Å². The summed E-state index contributed by atoms with van der Waals surface area (Å²) in [5.74, 6) is 0.850. The third-order valence-corrected chi connectivity index (χ3v) is 2.57. The van der Waals surface area contributed by atoms with Gasteiger partial charge in [-0.05, 0) is 50.3 Å². The highest BCUT2D eigenvalue weighted by atomic mass is 15.1. The van der Waals surface area contributed by atoms with Crippen molar-refractivity contribution in [2.24, 2.45) is 5.92 Å². The van der Waals surface area contributed by atoms with Crippen molar-refractivity contribution in [1.82, 2.24) is 0 Å². The van der Waals surface area contributed by atoms with Crippen LogP contribution in [-0.2, 0) is 0 Å². The monoisotopic (exact) mass is 257 g/mol. The quantitative estimate of drug-likeness (QED) is 0.533. The first-order valence-corrected chi connectivity index (χ1v) is 6.72. The van der Waals surface area contributed by atoms with Crippen LogP contribution in [0.3, 0.4) is 0 Å². The number of aryl methyl sites for hydroxylation is 1. The van der Waals surface area contributed by atoms with Crippen molar-refractivity contribution in [3.8, 4) is 0 Å². The van der Waals surface area contributed by atoms with Crippen LogP contribution in [0.4, 0.5) is 5.69 Å². The molecule has 0 aliphatic heterocycles. The second-order valence-electron chi connectivity index (χ2n) is 4.80. The zero-order valence-corrected chi connectivity index (χ0v) is 12.8. The smallest absolute Gasteiger partial charge is 0.0390 e. The van der Waals surface area contributed by atoms with Gasteiger partial charge in [-0.1, -0.05) is 30.9 Å². The molecule has 1 aliphatic rings. The van der Waals surface area contributed by atoms with Gasteiger partial charge in [0.1, 0.15) is 0 Å². The van der Waals surface area contributed by atoms with Crippen LogP contribution in [0.25, 0.3) is 0 Å². The molecule has 1 fully saturated rings. The van der Waals surface area contributed by atoms with Gasteiger partial charge in [-0.2, -0.15) is 0 Å². The highest BCUT2D eigenvalue weighted by molar-refractivity contribution is 5.51. The summed E-state index contributed by atoms with van der Waals surface area (Å²) in [5, 5.41) is 0. The Balaban J connectivity index is 0.000000306. The van der Waals surface area contributed by atoms with Gasteiger partial charge in [0.2, 0.25) is 0 Å². The molecule has 0 bridgehead atoms. The molecule has 1 saturated carbocycles. The van der Waals surface area contributed by atoms with E-state index in [4.69, 9.17) is 0 Å². The number of nitrogens with zero attached hydrogens (tertiary/aromatic N) is 1. The first kappa shape index (κ1) is 17.3. The molecule has 0 spiro atoms. The van der Waals surface area contributed by atoms with Gasteiger partial charge in [-0.25, -0.2) is 0 Å². The molecule has 0 N–H and O–H groups in total. The normalized spacial score (nSPS) is 11.8. The van der Waals surface area contributed by atoms with Gasteiger partial charge < -0.3 is 4.90 Å². The molecule has 0 radical (unpaired) electrons. The molecule has 0 atom stereocenters. The van der Waals surface area contributed by atoms with Crippen LogP contribution >= 0.6 is 0 Å². The molecule has 2 rings (SSSR count). The average Bonchev–Trinajstić information content (AvgIpc) is 3.16. The minimum absolute atomic E-state index is 0.850. The SMILES string of the molecule is C=C=CC1CC1.C=CC.Cc1ccccc1N(C)C. The maximum absolute atomic E-state index is 3.46. The van der Waals surface area contributed by atoms with Gasteiger partial charge in [-0.3, -0.25) is 0 Å². The van der Waals surface area contributed by atoms with Crippen molar-refractivity contribution in [3.63, 3.8) is 0 Å². The minimum Gasteiger partial charge on any atom is -0.377 e. The molecular weight excluding hydrogens is 230 g/mol. The number of para-hydroxylation sites is 1. The topological polar surface area (TPSA) is 3.24 Å². The highest BCUT2D eigenvalue weighted by Crippen LogP contribution is 2.29. The molecule has 0 aromatic heterocycles. The third kappa shape index (κ3) is 8.93. The molecule has 1 heteroatoms. The van der Waals surface area contributed by atoms with Crippen molar-refractivity contribution in [2.75, 3.05) is 19.0 Å². The number of benzene rings is 1. The van der Waals surface area contributed by atoms with E-state index < -0.39 is 0 Å². The molecular formula is C18H27N. The number of allylic oxidation sites excluding steroid dienone is 2. The maximum atomic E-state index is 3.46. The Labute approximate surface area is 119 Å². The van der Waals surface area contributed by atoms with Crippen LogP contribution in [0.2, 0.25) is 0 Å². The summed E-state index contributed by atoms with van der Waals surface area (Å²) >= 11 is 0. The lowest BCUT2D eigenvalue weighted by molar-refractivity contribution is 1.11. The molecule has 0 saturated heterocycles. The Kier molecular flexibility index (Phi) is 9.30. The Morgan fingerprint density at radius 3 is 2.05 bits per heavy atom. The van der Waals surface area contributed by atoms with E-state index in [-0.39, 0.29) is 0 Å². The summed E-state index contributed by atoms with van der Waals surface area (Å²) in [6.07, 6.45) is 6.52. The molecule has 104 valence electrons. The van der Waals surface area contributed by atoms with Crippen molar-refractivity contribution in [3.05, 3.63) is 60.9 Å². The lowest BCUT2D eigenvalue weighted by Gasteiger charge is -2.14. The Hall–Kier alpha value is -1.72. The predicted molar refractivity (Wildman–Crippen MR) is 87.8 cm³/mol. The summed E-state index contributed by atoms with van der Waals surface area (Å²) < 4.78 is 0. The van der Waals surface area contributed by atoms with Gasteiger partial charge in [0.25, 0.3) is 0 Å². The second kappa shape index (κ2) is 10.2. The van der Waals surface area contributed by atoms with E-state index in [0.29, 0.717) is 0 Å². The second-order valence-corrected chi connectivity index (χ2v) is 4.80. The standard InChI is InChI=1S/C9H13N.C6H8.C3H6/c1-8-6-4-5-7-9(8)10(2)3;1-2-3-6-4-5-6;1-3-2/h4-7H,1-3H3;3,6H,1,4-5H2;3H,1H2,2H3.